The van der Waals surface area contributed by atoms with E-state index in [2.05, 4.69) is 4.98 Å². The zero-order chi connectivity index (χ0) is 11.4. The largest absolute Gasteiger partial charge is 0.439 e. The van der Waals surface area contributed by atoms with Crippen molar-refractivity contribution in [2.24, 2.45) is 5.73 Å². The maximum Gasteiger partial charge on any atom is 0.223 e. The summed E-state index contributed by atoms with van der Waals surface area (Å²) in [6.07, 6.45) is 1.70. The Bertz CT molecular complexity index is 454. The van der Waals surface area contributed by atoms with Gasteiger partial charge in [-0.25, -0.2) is 4.98 Å². The molecule has 82 valence electrons. The number of rotatable bonds is 3. The first-order chi connectivity index (χ1) is 7.77. The summed E-state index contributed by atoms with van der Waals surface area (Å²) in [6, 6.07) is 13.3. The number of pyridine rings is 1. The molecule has 1 heterocycles. The first kappa shape index (κ1) is 10.6. The third-order valence-corrected chi connectivity index (χ3v) is 2.25. The third-order valence-electron chi connectivity index (χ3n) is 2.25. The Kier molecular flexibility index (Phi) is 3.17. The fourth-order valence-electron chi connectivity index (χ4n) is 1.44. The number of para-hydroxylation sites is 1. The van der Waals surface area contributed by atoms with Gasteiger partial charge in [0.05, 0.1) is 0 Å². The first-order valence-electron chi connectivity index (χ1n) is 5.21. The predicted octanol–water partition coefficient (Wildman–Crippen LogP) is 2.89. The fraction of sp³-hybridized carbons (Fsp3) is 0.154. The van der Waals surface area contributed by atoms with Crippen LogP contribution in [0.15, 0.2) is 48.7 Å². The average Bonchev–Trinajstić information content (AvgIpc) is 2.31. The molecule has 0 bridgehead atoms. The predicted molar refractivity (Wildman–Crippen MR) is 63.4 cm³/mol. The van der Waals surface area contributed by atoms with Crippen LogP contribution in [0, 0.1) is 0 Å². The minimum absolute atomic E-state index is 0.0904. The summed E-state index contributed by atoms with van der Waals surface area (Å²) >= 11 is 0. The number of aromatic nitrogens is 1. The molecule has 1 unspecified atom stereocenters. The number of ether oxygens (including phenoxy) is 1. The van der Waals surface area contributed by atoms with Crippen LogP contribution in [0.1, 0.15) is 18.5 Å². The molecule has 1 aromatic heterocycles. The van der Waals surface area contributed by atoms with E-state index in [4.69, 9.17) is 10.5 Å². The van der Waals surface area contributed by atoms with Gasteiger partial charge in [0.15, 0.2) is 0 Å². The highest BCUT2D eigenvalue weighted by molar-refractivity contribution is 5.33. The van der Waals surface area contributed by atoms with Gasteiger partial charge in [0.2, 0.25) is 5.88 Å². The minimum atomic E-state index is -0.0904. The molecule has 0 aliphatic rings. The summed E-state index contributed by atoms with van der Waals surface area (Å²) in [6.45, 7) is 1.91. The summed E-state index contributed by atoms with van der Waals surface area (Å²) in [5.41, 5.74) is 6.76. The molecule has 1 atom stereocenters. The molecule has 0 fully saturated rings. The van der Waals surface area contributed by atoms with Gasteiger partial charge in [-0.2, -0.15) is 0 Å². The second kappa shape index (κ2) is 4.77. The Balaban J connectivity index is 2.28. The van der Waals surface area contributed by atoms with Crippen molar-refractivity contribution in [2.75, 3.05) is 0 Å². The summed E-state index contributed by atoms with van der Waals surface area (Å²) in [5, 5.41) is 0. The van der Waals surface area contributed by atoms with E-state index < -0.39 is 0 Å². The van der Waals surface area contributed by atoms with Crippen LogP contribution >= 0.6 is 0 Å². The lowest BCUT2D eigenvalue weighted by Crippen LogP contribution is -2.07. The van der Waals surface area contributed by atoms with Crippen LogP contribution in [0.5, 0.6) is 11.6 Å². The highest BCUT2D eigenvalue weighted by Crippen LogP contribution is 2.25. The van der Waals surface area contributed by atoms with Crippen molar-refractivity contribution in [3.63, 3.8) is 0 Å². The molecule has 2 aromatic rings. The molecule has 2 N–H and O–H groups in total. The quantitative estimate of drug-likeness (QED) is 0.854. The molecule has 16 heavy (non-hydrogen) atoms. The summed E-state index contributed by atoms with van der Waals surface area (Å²) in [5.74, 6) is 1.34. The van der Waals surface area contributed by atoms with Crippen LogP contribution < -0.4 is 10.5 Å². The van der Waals surface area contributed by atoms with E-state index in [-0.39, 0.29) is 6.04 Å². The average molecular weight is 214 g/mol. The van der Waals surface area contributed by atoms with Crippen molar-refractivity contribution >= 4 is 0 Å². The second-order valence-corrected chi connectivity index (χ2v) is 3.60. The topological polar surface area (TPSA) is 48.1 Å². The van der Waals surface area contributed by atoms with Crippen molar-refractivity contribution in [2.45, 2.75) is 13.0 Å². The molecule has 0 aliphatic carbocycles. The van der Waals surface area contributed by atoms with E-state index in [1.807, 2.05) is 49.4 Å². The Hall–Kier alpha value is -1.87. The van der Waals surface area contributed by atoms with Crippen molar-refractivity contribution < 1.29 is 4.74 Å². The summed E-state index contributed by atoms with van der Waals surface area (Å²) in [7, 11) is 0. The lowest BCUT2D eigenvalue weighted by Gasteiger charge is -2.11. The van der Waals surface area contributed by atoms with Crippen LogP contribution in [-0.4, -0.2) is 4.98 Å². The van der Waals surface area contributed by atoms with Gasteiger partial charge in [-0.15, -0.1) is 0 Å². The molecule has 0 amide bonds. The number of benzene rings is 1. The van der Waals surface area contributed by atoms with E-state index >= 15 is 0 Å². The van der Waals surface area contributed by atoms with Crippen LogP contribution in [-0.2, 0) is 0 Å². The highest BCUT2D eigenvalue weighted by Gasteiger charge is 2.09. The third kappa shape index (κ3) is 2.38. The van der Waals surface area contributed by atoms with Gasteiger partial charge < -0.3 is 10.5 Å². The van der Waals surface area contributed by atoms with Crippen LogP contribution in [0.4, 0.5) is 0 Å². The molecular weight excluding hydrogens is 200 g/mol. The van der Waals surface area contributed by atoms with Gasteiger partial charge >= 0.3 is 0 Å². The van der Waals surface area contributed by atoms with Gasteiger partial charge in [-0.1, -0.05) is 24.3 Å². The highest BCUT2D eigenvalue weighted by atomic mass is 16.5. The van der Waals surface area contributed by atoms with Gasteiger partial charge in [-0.3, -0.25) is 0 Å². The number of nitrogens with two attached hydrogens (primary N) is 1. The Labute approximate surface area is 94.9 Å². The van der Waals surface area contributed by atoms with E-state index in [1.54, 1.807) is 6.20 Å². The maximum absolute atomic E-state index is 5.85. The smallest absolute Gasteiger partial charge is 0.223 e. The minimum Gasteiger partial charge on any atom is -0.439 e. The van der Waals surface area contributed by atoms with Gasteiger partial charge in [0.25, 0.3) is 0 Å². The normalized spacial score (nSPS) is 12.1. The SMILES string of the molecule is CC(N)c1cccnc1Oc1ccccc1. The van der Waals surface area contributed by atoms with Crippen molar-refractivity contribution in [3.05, 3.63) is 54.2 Å². The van der Waals surface area contributed by atoms with Gasteiger partial charge in [-0.05, 0) is 25.1 Å². The zero-order valence-electron chi connectivity index (χ0n) is 9.13. The Morgan fingerprint density at radius 1 is 1.12 bits per heavy atom. The maximum atomic E-state index is 5.85. The monoisotopic (exact) mass is 214 g/mol. The second-order valence-electron chi connectivity index (χ2n) is 3.60. The Morgan fingerprint density at radius 2 is 1.88 bits per heavy atom. The molecule has 3 nitrogen and oxygen atoms in total. The number of hydrogen-bond acceptors (Lipinski definition) is 3. The Morgan fingerprint density at radius 3 is 2.56 bits per heavy atom. The lowest BCUT2D eigenvalue weighted by atomic mass is 10.1. The standard InChI is InChI=1S/C13H14N2O/c1-10(14)12-8-5-9-15-13(12)16-11-6-3-2-4-7-11/h2-10H,14H2,1H3. The van der Waals surface area contributed by atoms with Crippen LogP contribution in [0.3, 0.4) is 0 Å². The number of hydrogen-bond donors (Lipinski definition) is 1. The van der Waals surface area contributed by atoms with E-state index in [0.29, 0.717) is 5.88 Å². The molecule has 2 rings (SSSR count). The molecule has 0 saturated carbocycles. The summed E-state index contributed by atoms with van der Waals surface area (Å²) in [4.78, 5) is 4.19. The lowest BCUT2D eigenvalue weighted by molar-refractivity contribution is 0.452. The molecule has 1 aromatic carbocycles. The molecule has 0 aliphatic heterocycles. The van der Waals surface area contributed by atoms with E-state index in [1.165, 1.54) is 0 Å². The molecule has 0 radical (unpaired) electrons. The van der Waals surface area contributed by atoms with E-state index in [9.17, 15) is 0 Å². The van der Waals surface area contributed by atoms with Crippen LogP contribution in [0.25, 0.3) is 0 Å². The fourth-order valence-corrected chi connectivity index (χ4v) is 1.44. The molecular formula is C13H14N2O. The van der Waals surface area contributed by atoms with Crippen molar-refractivity contribution in [1.82, 2.24) is 4.98 Å². The molecule has 0 saturated heterocycles. The molecule has 0 spiro atoms. The van der Waals surface area contributed by atoms with Gasteiger partial charge in [0, 0.05) is 17.8 Å². The van der Waals surface area contributed by atoms with Crippen molar-refractivity contribution in [1.29, 1.82) is 0 Å². The van der Waals surface area contributed by atoms with E-state index in [0.717, 1.165) is 11.3 Å². The van der Waals surface area contributed by atoms with Crippen LogP contribution in [0.2, 0.25) is 0 Å². The molecule has 3 heteroatoms. The first-order valence-corrected chi connectivity index (χ1v) is 5.21. The summed E-state index contributed by atoms with van der Waals surface area (Å²) < 4.78 is 5.68. The zero-order valence-corrected chi connectivity index (χ0v) is 9.13. The van der Waals surface area contributed by atoms with Gasteiger partial charge in [0.1, 0.15) is 5.75 Å². The number of nitrogens with zero attached hydrogens (tertiary/aromatic N) is 1. The van der Waals surface area contributed by atoms with Crippen molar-refractivity contribution in [3.8, 4) is 11.6 Å².